The summed E-state index contributed by atoms with van der Waals surface area (Å²) in [5, 5.41) is 2.83. The number of methoxy groups -OCH3 is 1. The van der Waals surface area contributed by atoms with Crippen LogP contribution in [0.2, 0.25) is 0 Å². The maximum Gasteiger partial charge on any atom is 0.245 e. The van der Waals surface area contributed by atoms with Gasteiger partial charge in [0.05, 0.1) is 7.11 Å². The Morgan fingerprint density at radius 2 is 1.93 bits per heavy atom. The first-order valence-electron chi connectivity index (χ1n) is 9.08. The minimum Gasteiger partial charge on any atom is -0.497 e. The van der Waals surface area contributed by atoms with E-state index in [0.29, 0.717) is 19.5 Å². The Hall–Kier alpha value is -2.86. The summed E-state index contributed by atoms with van der Waals surface area (Å²) in [4.78, 5) is 26.6. The summed E-state index contributed by atoms with van der Waals surface area (Å²) in [6.45, 7) is 1.15. The van der Waals surface area contributed by atoms with Gasteiger partial charge in [0.15, 0.2) is 0 Å². The third kappa shape index (κ3) is 4.86. The van der Waals surface area contributed by atoms with Crippen LogP contribution in [0.25, 0.3) is 0 Å². The Kier molecular flexibility index (Phi) is 6.08. The first-order chi connectivity index (χ1) is 13.1. The van der Waals surface area contributed by atoms with E-state index in [1.165, 1.54) is 0 Å². The zero-order valence-electron chi connectivity index (χ0n) is 15.4. The van der Waals surface area contributed by atoms with E-state index >= 15 is 0 Å². The minimum absolute atomic E-state index is 0.0487. The van der Waals surface area contributed by atoms with E-state index in [1.54, 1.807) is 12.0 Å². The summed E-state index contributed by atoms with van der Waals surface area (Å²) in [5.74, 6) is 0.537. The van der Waals surface area contributed by atoms with Crippen molar-refractivity contribution in [1.29, 1.82) is 0 Å². The van der Waals surface area contributed by atoms with Crippen molar-refractivity contribution in [2.75, 3.05) is 13.7 Å². The third-order valence-electron chi connectivity index (χ3n) is 4.80. The zero-order valence-corrected chi connectivity index (χ0v) is 15.4. The van der Waals surface area contributed by atoms with Crippen LogP contribution in [0.4, 0.5) is 0 Å². The van der Waals surface area contributed by atoms with E-state index in [4.69, 9.17) is 10.5 Å². The fraction of sp³-hybridized carbons (Fsp3) is 0.333. The summed E-state index contributed by atoms with van der Waals surface area (Å²) in [6.07, 6.45) is 0.771. The first-order valence-corrected chi connectivity index (χ1v) is 9.08. The molecule has 2 unspecified atom stereocenters. The van der Waals surface area contributed by atoms with Gasteiger partial charge in [-0.3, -0.25) is 9.59 Å². The molecule has 1 saturated heterocycles. The van der Waals surface area contributed by atoms with Crippen LogP contribution in [0.1, 0.15) is 30.0 Å². The van der Waals surface area contributed by atoms with Gasteiger partial charge in [0, 0.05) is 25.6 Å². The highest BCUT2D eigenvalue weighted by Crippen LogP contribution is 2.19. The summed E-state index contributed by atoms with van der Waals surface area (Å²) < 4.78 is 5.15. The van der Waals surface area contributed by atoms with Gasteiger partial charge in [-0.15, -0.1) is 0 Å². The molecule has 1 fully saturated rings. The van der Waals surface area contributed by atoms with Crippen LogP contribution < -0.4 is 15.8 Å². The molecule has 1 aliphatic heterocycles. The highest BCUT2D eigenvalue weighted by atomic mass is 16.5. The Bertz CT molecular complexity index is 777. The SMILES string of the molecule is COc1ccc(CN2CCC(NC(=O)CC(N)c3ccccc3)C2=O)cc1. The van der Waals surface area contributed by atoms with Gasteiger partial charge in [-0.05, 0) is 29.7 Å². The number of likely N-dealkylation sites (tertiary alicyclic amines) is 1. The molecule has 27 heavy (non-hydrogen) atoms. The maximum atomic E-state index is 12.6. The molecule has 2 aromatic rings. The summed E-state index contributed by atoms with van der Waals surface area (Å²) in [5.41, 5.74) is 8.03. The first kappa shape index (κ1) is 18.9. The quantitative estimate of drug-likeness (QED) is 0.784. The van der Waals surface area contributed by atoms with Crippen LogP contribution in [0, 0.1) is 0 Å². The smallest absolute Gasteiger partial charge is 0.245 e. The fourth-order valence-corrected chi connectivity index (χ4v) is 3.25. The number of ether oxygens (including phenoxy) is 1. The highest BCUT2D eigenvalue weighted by Gasteiger charge is 2.32. The van der Waals surface area contributed by atoms with Gasteiger partial charge in [0.25, 0.3) is 0 Å². The van der Waals surface area contributed by atoms with Crippen LogP contribution in [0.15, 0.2) is 54.6 Å². The number of amides is 2. The van der Waals surface area contributed by atoms with Crippen molar-refractivity contribution in [2.24, 2.45) is 5.73 Å². The van der Waals surface area contributed by atoms with Gasteiger partial charge < -0.3 is 20.7 Å². The molecule has 0 radical (unpaired) electrons. The molecule has 6 heteroatoms. The van der Waals surface area contributed by atoms with Crippen molar-refractivity contribution in [3.63, 3.8) is 0 Å². The molecular weight excluding hydrogens is 342 g/mol. The van der Waals surface area contributed by atoms with Gasteiger partial charge in [-0.25, -0.2) is 0 Å². The largest absolute Gasteiger partial charge is 0.497 e. The standard InChI is InChI=1S/C21H25N3O3/c1-27-17-9-7-15(8-10-17)14-24-12-11-19(21(24)26)23-20(25)13-18(22)16-5-3-2-4-6-16/h2-10,18-19H,11-14,22H2,1H3,(H,23,25). The monoisotopic (exact) mass is 367 g/mol. The van der Waals surface area contributed by atoms with Crippen molar-refractivity contribution in [3.8, 4) is 5.75 Å². The van der Waals surface area contributed by atoms with E-state index < -0.39 is 6.04 Å². The van der Waals surface area contributed by atoms with Crippen LogP contribution in [0.3, 0.4) is 0 Å². The predicted octanol–water partition coefficient (Wildman–Crippen LogP) is 2.00. The van der Waals surface area contributed by atoms with Gasteiger partial charge in [-0.1, -0.05) is 42.5 Å². The minimum atomic E-state index is -0.473. The topological polar surface area (TPSA) is 84.7 Å². The number of carbonyl (C=O) groups is 2. The van der Waals surface area contributed by atoms with Crippen LogP contribution in [-0.4, -0.2) is 36.4 Å². The van der Waals surface area contributed by atoms with E-state index in [2.05, 4.69) is 5.32 Å². The molecular formula is C21H25N3O3. The highest BCUT2D eigenvalue weighted by molar-refractivity contribution is 5.89. The maximum absolute atomic E-state index is 12.6. The Morgan fingerprint density at radius 1 is 1.22 bits per heavy atom. The molecule has 3 rings (SSSR count). The van der Waals surface area contributed by atoms with Gasteiger partial charge in [-0.2, -0.15) is 0 Å². The van der Waals surface area contributed by atoms with Gasteiger partial charge in [0.1, 0.15) is 11.8 Å². The van der Waals surface area contributed by atoms with Crippen LogP contribution in [-0.2, 0) is 16.1 Å². The molecule has 6 nitrogen and oxygen atoms in total. The molecule has 0 saturated carbocycles. The van der Waals surface area contributed by atoms with Crippen molar-refractivity contribution in [1.82, 2.24) is 10.2 Å². The van der Waals surface area contributed by atoms with Crippen LogP contribution in [0.5, 0.6) is 5.75 Å². The number of hydrogen-bond donors (Lipinski definition) is 2. The lowest BCUT2D eigenvalue weighted by Gasteiger charge is -2.18. The van der Waals surface area contributed by atoms with Gasteiger partial charge in [0.2, 0.25) is 11.8 Å². The summed E-state index contributed by atoms with van der Waals surface area (Å²) >= 11 is 0. The van der Waals surface area contributed by atoms with E-state index in [0.717, 1.165) is 16.9 Å². The van der Waals surface area contributed by atoms with Crippen molar-refractivity contribution in [2.45, 2.75) is 31.5 Å². The number of nitrogens with zero attached hydrogens (tertiary/aromatic N) is 1. The predicted molar refractivity (Wildman–Crippen MR) is 103 cm³/mol. The number of nitrogens with two attached hydrogens (primary N) is 1. The molecule has 0 aromatic heterocycles. The molecule has 0 aliphatic carbocycles. The van der Waals surface area contributed by atoms with E-state index in [1.807, 2.05) is 54.6 Å². The molecule has 1 aliphatic rings. The average Bonchev–Trinajstić information content (AvgIpc) is 3.02. The molecule has 2 atom stereocenters. The summed E-state index contributed by atoms with van der Waals surface area (Å²) in [7, 11) is 1.62. The molecule has 2 amide bonds. The molecule has 2 aromatic carbocycles. The molecule has 0 bridgehead atoms. The zero-order chi connectivity index (χ0) is 19.2. The van der Waals surface area contributed by atoms with E-state index in [9.17, 15) is 9.59 Å². The summed E-state index contributed by atoms with van der Waals surface area (Å²) in [6, 6.07) is 16.3. The third-order valence-corrected chi connectivity index (χ3v) is 4.80. The van der Waals surface area contributed by atoms with Crippen molar-refractivity contribution >= 4 is 11.8 Å². The van der Waals surface area contributed by atoms with Crippen molar-refractivity contribution in [3.05, 3.63) is 65.7 Å². The Balaban J connectivity index is 1.51. The number of hydrogen-bond acceptors (Lipinski definition) is 4. The molecule has 1 heterocycles. The van der Waals surface area contributed by atoms with E-state index in [-0.39, 0.29) is 24.3 Å². The number of rotatable bonds is 7. The van der Waals surface area contributed by atoms with Crippen LogP contribution >= 0.6 is 0 Å². The number of carbonyl (C=O) groups excluding carboxylic acids is 2. The second-order valence-corrected chi connectivity index (χ2v) is 6.74. The lowest BCUT2D eigenvalue weighted by molar-refractivity contribution is -0.133. The molecule has 3 N–H and O–H groups in total. The average molecular weight is 367 g/mol. The molecule has 142 valence electrons. The fourth-order valence-electron chi connectivity index (χ4n) is 3.25. The number of benzene rings is 2. The molecule has 0 spiro atoms. The Labute approximate surface area is 159 Å². The Morgan fingerprint density at radius 3 is 2.59 bits per heavy atom. The number of nitrogens with one attached hydrogen (secondary N) is 1. The van der Waals surface area contributed by atoms with Gasteiger partial charge >= 0.3 is 0 Å². The lowest BCUT2D eigenvalue weighted by atomic mass is 10.0. The second-order valence-electron chi connectivity index (χ2n) is 6.74. The second kappa shape index (κ2) is 8.68. The lowest BCUT2D eigenvalue weighted by Crippen LogP contribution is -2.42. The van der Waals surface area contributed by atoms with Crippen molar-refractivity contribution < 1.29 is 14.3 Å². The normalized spacial score (nSPS) is 17.6.